The van der Waals surface area contributed by atoms with Crippen molar-refractivity contribution in [2.45, 2.75) is 37.6 Å². The first kappa shape index (κ1) is 23.8. The van der Waals surface area contributed by atoms with Crippen molar-refractivity contribution in [1.29, 1.82) is 0 Å². The average molecular weight is 489 g/mol. The number of hydrogen-bond acceptors (Lipinski definition) is 6. The smallest absolute Gasteiger partial charge is 0.261 e. The molecule has 0 atom stereocenters. The number of sulfonamides is 1. The van der Waals surface area contributed by atoms with Gasteiger partial charge in [0.25, 0.3) is 5.56 Å². The minimum Gasteiger partial charge on any atom is -0.492 e. The molecule has 34 heavy (non-hydrogen) atoms. The van der Waals surface area contributed by atoms with Crippen LogP contribution in [0, 0.1) is 5.82 Å². The van der Waals surface area contributed by atoms with Gasteiger partial charge in [0.05, 0.1) is 34.4 Å². The van der Waals surface area contributed by atoms with Crippen molar-refractivity contribution in [3.8, 4) is 5.75 Å². The van der Waals surface area contributed by atoms with E-state index in [1.165, 1.54) is 41.0 Å². The first-order valence-corrected chi connectivity index (χ1v) is 12.4. The Labute approximate surface area is 196 Å². The van der Waals surface area contributed by atoms with Crippen molar-refractivity contribution in [2.75, 3.05) is 25.0 Å². The molecule has 1 amide bonds. The quantitative estimate of drug-likeness (QED) is 0.548. The van der Waals surface area contributed by atoms with Crippen LogP contribution in [0.5, 0.6) is 5.75 Å². The third kappa shape index (κ3) is 4.95. The van der Waals surface area contributed by atoms with Gasteiger partial charge in [0.15, 0.2) is 0 Å². The number of nitrogens with zero attached hydrogens (tertiary/aromatic N) is 3. The summed E-state index contributed by atoms with van der Waals surface area (Å²) < 4.78 is 47.8. The van der Waals surface area contributed by atoms with Crippen LogP contribution in [-0.4, -0.2) is 47.9 Å². The van der Waals surface area contributed by atoms with E-state index in [0.717, 1.165) is 29.9 Å². The van der Waals surface area contributed by atoms with E-state index in [-0.39, 0.29) is 16.0 Å². The number of ether oxygens (including phenoxy) is 1. The minimum atomic E-state index is -3.72. The summed E-state index contributed by atoms with van der Waals surface area (Å²) in [6, 6.07) is 7.98. The maximum Gasteiger partial charge on any atom is 0.261 e. The molecule has 0 spiro atoms. The van der Waals surface area contributed by atoms with E-state index < -0.39 is 33.9 Å². The molecule has 0 saturated carbocycles. The van der Waals surface area contributed by atoms with Gasteiger partial charge < -0.3 is 10.1 Å². The number of halogens is 1. The standard InChI is InChI=1S/C23H25FN4O5S/c1-2-33-21-9-7-17(34(31,32)28-10-4-3-5-11-28)13-20(21)26-22(29)14-27-15-25-19-8-6-16(24)12-18(19)23(27)30/h6-9,12-13,15H,2-5,10-11,14H2,1H3,(H,26,29). The van der Waals surface area contributed by atoms with Crippen LogP contribution in [0.2, 0.25) is 0 Å². The monoisotopic (exact) mass is 488 g/mol. The maximum atomic E-state index is 13.6. The van der Waals surface area contributed by atoms with Crippen LogP contribution < -0.4 is 15.6 Å². The first-order chi connectivity index (χ1) is 16.3. The lowest BCUT2D eigenvalue weighted by Crippen LogP contribution is -2.35. The molecule has 0 bridgehead atoms. The molecule has 9 nitrogen and oxygen atoms in total. The van der Waals surface area contributed by atoms with Gasteiger partial charge in [-0.25, -0.2) is 17.8 Å². The summed E-state index contributed by atoms with van der Waals surface area (Å²) in [5.41, 5.74) is -0.0683. The van der Waals surface area contributed by atoms with Crippen LogP contribution in [0.15, 0.2) is 52.4 Å². The molecule has 0 aliphatic carbocycles. The molecule has 4 rings (SSSR count). The van der Waals surface area contributed by atoms with Crippen LogP contribution in [0.1, 0.15) is 26.2 Å². The van der Waals surface area contributed by atoms with E-state index in [1.54, 1.807) is 6.92 Å². The summed E-state index contributed by atoms with van der Waals surface area (Å²) in [5, 5.41) is 2.69. The fraction of sp³-hybridized carbons (Fsp3) is 0.348. The molecule has 1 saturated heterocycles. The molecule has 1 aromatic heterocycles. The van der Waals surface area contributed by atoms with Crippen molar-refractivity contribution < 1.29 is 22.3 Å². The molecule has 180 valence electrons. The second-order valence-electron chi connectivity index (χ2n) is 7.94. The fourth-order valence-electron chi connectivity index (χ4n) is 3.89. The van der Waals surface area contributed by atoms with Crippen LogP contribution in [0.4, 0.5) is 10.1 Å². The third-order valence-corrected chi connectivity index (χ3v) is 7.47. The maximum absolute atomic E-state index is 13.6. The van der Waals surface area contributed by atoms with Gasteiger partial charge in [0.2, 0.25) is 15.9 Å². The normalized spacial score (nSPS) is 14.8. The van der Waals surface area contributed by atoms with Gasteiger partial charge in [-0.3, -0.25) is 14.2 Å². The predicted octanol–water partition coefficient (Wildman–Crippen LogP) is 2.75. The van der Waals surface area contributed by atoms with E-state index >= 15 is 0 Å². The summed E-state index contributed by atoms with van der Waals surface area (Å²) >= 11 is 0. The van der Waals surface area contributed by atoms with E-state index in [9.17, 15) is 22.4 Å². The van der Waals surface area contributed by atoms with Crippen LogP contribution in [0.25, 0.3) is 10.9 Å². The largest absolute Gasteiger partial charge is 0.492 e. The highest BCUT2D eigenvalue weighted by atomic mass is 32.2. The Morgan fingerprint density at radius 1 is 1.15 bits per heavy atom. The SMILES string of the molecule is CCOc1ccc(S(=O)(=O)N2CCCCC2)cc1NC(=O)Cn1cnc2ccc(F)cc2c1=O. The summed E-state index contributed by atoms with van der Waals surface area (Å²) in [7, 11) is -3.72. The topological polar surface area (TPSA) is 111 Å². The highest BCUT2D eigenvalue weighted by molar-refractivity contribution is 7.89. The van der Waals surface area contributed by atoms with Crippen molar-refractivity contribution in [1.82, 2.24) is 13.9 Å². The van der Waals surface area contributed by atoms with Crippen molar-refractivity contribution in [3.05, 3.63) is 58.9 Å². The molecule has 2 aromatic carbocycles. The highest BCUT2D eigenvalue weighted by Gasteiger charge is 2.27. The number of nitrogens with one attached hydrogen (secondary N) is 1. The van der Waals surface area contributed by atoms with Gasteiger partial charge in [-0.15, -0.1) is 0 Å². The number of benzene rings is 2. The predicted molar refractivity (Wildman–Crippen MR) is 125 cm³/mol. The number of carbonyl (C=O) groups excluding carboxylic acids is 1. The third-order valence-electron chi connectivity index (χ3n) is 5.58. The zero-order chi connectivity index (χ0) is 24.3. The van der Waals surface area contributed by atoms with E-state index in [4.69, 9.17) is 4.74 Å². The van der Waals surface area contributed by atoms with Crippen molar-refractivity contribution in [3.63, 3.8) is 0 Å². The van der Waals surface area contributed by atoms with Crippen LogP contribution in [0.3, 0.4) is 0 Å². The number of piperidine rings is 1. The molecule has 0 unspecified atom stereocenters. The fourth-order valence-corrected chi connectivity index (χ4v) is 5.44. The van der Waals surface area contributed by atoms with Gasteiger partial charge in [-0.05, 0) is 56.2 Å². The second-order valence-corrected chi connectivity index (χ2v) is 9.88. The van der Waals surface area contributed by atoms with Gasteiger partial charge in [-0.2, -0.15) is 4.31 Å². The molecule has 2 heterocycles. The molecule has 1 fully saturated rings. The molecule has 1 aliphatic rings. The van der Waals surface area contributed by atoms with E-state index in [1.807, 2.05) is 0 Å². The Morgan fingerprint density at radius 3 is 2.65 bits per heavy atom. The number of rotatable bonds is 7. The molecule has 0 radical (unpaired) electrons. The first-order valence-electron chi connectivity index (χ1n) is 11.0. The highest BCUT2D eigenvalue weighted by Crippen LogP contribution is 2.30. The summed E-state index contributed by atoms with van der Waals surface area (Å²) in [4.78, 5) is 29.6. The summed E-state index contributed by atoms with van der Waals surface area (Å²) in [6.07, 6.45) is 3.81. The Balaban J connectivity index is 1.60. The Bertz CT molecular complexity index is 1380. The zero-order valence-electron chi connectivity index (χ0n) is 18.7. The van der Waals surface area contributed by atoms with E-state index in [0.29, 0.717) is 31.0 Å². The van der Waals surface area contributed by atoms with Crippen molar-refractivity contribution >= 4 is 32.5 Å². The number of anilines is 1. The van der Waals surface area contributed by atoms with Gasteiger partial charge >= 0.3 is 0 Å². The lowest BCUT2D eigenvalue weighted by molar-refractivity contribution is -0.116. The van der Waals surface area contributed by atoms with Crippen LogP contribution in [-0.2, 0) is 21.4 Å². The number of aromatic nitrogens is 2. The Kier molecular flexibility index (Phi) is 6.94. The van der Waals surface area contributed by atoms with Gasteiger partial charge in [0.1, 0.15) is 18.1 Å². The summed E-state index contributed by atoms with van der Waals surface area (Å²) in [6.45, 7) is 2.59. The lowest BCUT2D eigenvalue weighted by atomic mass is 10.2. The van der Waals surface area contributed by atoms with Gasteiger partial charge in [0, 0.05) is 13.1 Å². The second kappa shape index (κ2) is 9.90. The number of carbonyl (C=O) groups is 1. The minimum absolute atomic E-state index is 0.0492. The molecule has 1 N–H and O–H groups in total. The Hall–Kier alpha value is -3.31. The summed E-state index contributed by atoms with van der Waals surface area (Å²) in [5.74, 6) is -0.866. The average Bonchev–Trinajstić information content (AvgIpc) is 2.83. The lowest BCUT2D eigenvalue weighted by Gasteiger charge is -2.26. The number of fused-ring (bicyclic) bond motifs is 1. The number of amides is 1. The molecule has 1 aliphatic heterocycles. The van der Waals surface area contributed by atoms with Gasteiger partial charge in [-0.1, -0.05) is 6.42 Å². The molecule has 3 aromatic rings. The number of hydrogen-bond donors (Lipinski definition) is 1. The van der Waals surface area contributed by atoms with Crippen LogP contribution >= 0.6 is 0 Å². The zero-order valence-corrected chi connectivity index (χ0v) is 19.5. The molecular weight excluding hydrogens is 463 g/mol. The molecular formula is C23H25FN4O5S. The Morgan fingerprint density at radius 2 is 1.91 bits per heavy atom. The van der Waals surface area contributed by atoms with E-state index in [2.05, 4.69) is 10.3 Å². The molecule has 11 heteroatoms. The van der Waals surface area contributed by atoms with Crippen molar-refractivity contribution in [2.24, 2.45) is 0 Å².